The summed E-state index contributed by atoms with van der Waals surface area (Å²) in [6.45, 7) is 0. The van der Waals surface area contributed by atoms with Gasteiger partial charge in [0.15, 0.2) is 0 Å². The van der Waals surface area contributed by atoms with Gasteiger partial charge in [-0.25, -0.2) is 0 Å². The van der Waals surface area contributed by atoms with Gasteiger partial charge >= 0.3 is 0 Å². The van der Waals surface area contributed by atoms with Gasteiger partial charge in [-0.15, -0.1) is 0 Å². The summed E-state index contributed by atoms with van der Waals surface area (Å²) in [5.74, 6) is 0. The van der Waals surface area contributed by atoms with Crippen molar-refractivity contribution < 1.29 is 4.42 Å². The molecule has 0 fully saturated rings. The summed E-state index contributed by atoms with van der Waals surface area (Å²) >= 11 is 0. The summed E-state index contributed by atoms with van der Waals surface area (Å²) in [4.78, 5) is 2.39. The molecular formula is C44H29NO. The molecule has 0 aliphatic heterocycles. The summed E-state index contributed by atoms with van der Waals surface area (Å²) in [7, 11) is 0. The molecule has 0 saturated carbocycles. The van der Waals surface area contributed by atoms with Crippen molar-refractivity contribution in [2.24, 2.45) is 0 Å². The van der Waals surface area contributed by atoms with Gasteiger partial charge in [0.05, 0.1) is 5.69 Å². The van der Waals surface area contributed by atoms with Crippen LogP contribution in [0, 0.1) is 0 Å². The molecule has 0 unspecified atom stereocenters. The van der Waals surface area contributed by atoms with Gasteiger partial charge in [0.25, 0.3) is 0 Å². The number of fused-ring (bicyclic) bond motifs is 5. The second-order valence-corrected chi connectivity index (χ2v) is 11.8. The van der Waals surface area contributed by atoms with E-state index in [1.165, 1.54) is 32.7 Å². The SMILES string of the molecule is c1cc(-c2ccc3ccccc3c2)cc(N(c2cccc(-c3ccc4c(c3)oc3ccccc34)c2)c2cccc3ccccc23)c1. The molecule has 0 saturated heterocycles. The molecule has 46 heavy (non-hydrogen) atoms. The first-order valence-electron chi connectivity index (χ1n) is 15.7. The van der Waals surface area contributed by atoms with Crippen LogP contribution in [0.3, 0.4) is 0 Å². The predicted octanol–water partition coefficient (Wildman–Crippen LogP) is 12.7. The first kappa shape index (κ1) is 26.3. The van der Waals surface area contributed by atoms with Crippen molar-refractivity contribution in [1.29, 1.82) is 0 Å². The van der Waals surface area contributed by atoms with Crippen LogP contribution in [0.25, 0.3) is 65.7 Å². The number of rotatable bonds is 5. The second-order valence-electron chi connectivity index (χ2n) is 11.8. The molecular weight excluding hydrogens is 558 g/mol. The minimum absolute atomic E-state index is 0.901. The Balaban J connectivity index is 1.20. The van der Waals surface area contributed by atoms with Crippen LogP contribution in [0.5, 0.6) is 0 Å². The van der Waals surface area contributed by atoms with Crippen molar-refractivity contribution >= 4 is 60.5 Å². The molecule has 0 bridgehead atoms. The Morgan fingerprint density at radius 1 is 0.326 bits per heavy atom. The molecule has 2 heteroatoms. The van der Waals surface area contributed by atoms with Crippen LogP contribution >= 0.6 is 0 Å². The third-order valence-corrected chi connectivity index (χ3v) is 9.01. The lowest BCUT2D eigenvalue weighted by Gasteiger charge is -2.28. The van der Waals surface area contributed by atoms with Crippen molar-refractivity contribution in [1.82, 2.24) is 0 Å². The molecule has 9 rings (SSSR count). The average molecular weight is 588 g/mol. The Labute approximate surface area is 267 Å². The van der Waals surface area contributed by atoms with Crippen molar-refractivity contribution in [3.05, 3.63) is 176 Å². The van der Waals surface area contributed by atoms with E-state index in [4.69, 9.17) is 4.42 Å². The molecule has 0 aliphatic rings. The van der Waals surface area contributed by atoms with Crippen molar-refractivity contribution in [2.75, 3.05) is 4.90 Å². The van der Waals surface area contributed by atoms with E-state index >= 15 is 0 Å². The van der Waals surface area contributed by atoms with E-state index in [-0.39, 0.29) is 0 Å². The standard InChI is InChI=1S/C44H29NO/c1-2-12-32-26-35(23-22-30(32)10-1)33-14-7-16-37(27-33)45(42-20-9-13-31-11-3-4-18-39(31)42)38-17-8-15-34(28-38)36-24-25-41-40-19-5-6-21-43(40)46-44(41)29-36/h1-29H. The van der Waals surface area contributed by atoms with Gasteiger partial charge in [0.1, 0.15) is 11.2 Å². The van der Waals surface area contributed by atoms with E-state index in [9.17, 15) is 0 Å². The molecule has 216 valence electrons. The molecule has 0 aliphatic carbocycles. The molecule has 0 radical (unpaired) electrons. The number of hydrogen-bond acceptors (Lipinski definition) is 2. The molecule has 0 atom stereocenters. The molecule has 8 aromatic carbocycles. The van der Waals surface area contributed by atoms with E-state index < -0.39 is 0 Å². The first-order valence-corrected chi connectivity index (χ1v) is 15.7. The van der Waals surface area contributed by atoms with Crippen molar-refractivity contribution in [3.63, 3.8) is 0 Å². The fourth-order valence-corrected chi connectivity index (χ4v) is 6.75. The molecule has 0 N–H and O–H groups in total. The zero-order valence-corrected chi connectivity index (χ0v) is 25.1. The maximum Gasteiger partial charge on any atom is 0.136 e. The van der Waals surface area contributed by atoms with Gasteiger partial charge in [-0.2, -0.15) is 0 Å². The lowest BCUT2D eigenvalue weighted by molar-refractivity contribution is 0.669. The van der Waals surface area contributed by atoms with E-state index in [2.05, 4.69) is 169 Å². The highest BCUT2D eigenvalue weighted by molar-refractivity contribution is 6.06. The van der Waals surface area contributed by atoms with Crippen LogP contribution in [0.15, 0.2) is 180 Å². The van der Waals surface area contributed by atoms with Crippen LogP contribution < -0.4 is 4.90 Å². The van der Waals surface area contributed by atoms with Gasteiger partial charge < -0.3 is 9.32 Å². The minimum atomic E-state index is 0.901. The highest BCUT2D eigenvalue weighted by atomic mass is 16.3. The normalized spacial score (nSPS) is 11.5. The number of anilines is 3. The van der Waals surface area contributed by atoms with Crippen LogP contribution in [0.2, 0.25) is 0 Å². The molecule has 1 aromatic heterocycles. The zero-order chi connectivity index (χ0) is 30.5. The van der Waals surface area contributed by atoms with Crippen molar-refractivity contribution in [3.8, 4) is 22.3 Å². The van der Waals surface area contributed by atoms with Crippen LogP contribution in [0.1, 0.15) is 0 Å². The number of furan rings is 1. The van der Waals surface area contributed by atoms with Gasteiger partial charge in [0, 0.05) is 27.5 Å². The van der Waals surface area contributed by atoms with E-state index in [0.717, 1.165) is 50.1 Å². The quantitative estimate of drug-likeness (QED) is 0.199. The zero-order valence-electron chi connectivity index (χ0n) is 25.1. The monoisotopic (exact) mass is 587 g/mol. The van der Waals surface area contributed by atoms with E-state index in [1.54, 1.807) is 0 Å². The summed E-state index contributed by atoms with van der Waals surface area (Å²) in [5, 5.41) is 7.19. The smallest absolute Gasteiger partial charge is 0.136 e. The molecule has 9 aromatic rings. The number of benzene rings is 8. The van der Waals surface area contributed by atoms with Crippen molar-refractivity contribution in [2.45, 2.75) is 0 Å². The highest BCUT2D eigenvalue weighted by Gasteiger charge is 2.17. The Kier molecular flexibility index (Phi) is 6.17. The summed E-state index contributed by atoms with van der Waals surface area (Å²) in [6.07, 6.45) is 0. The second kappa shape index (κ2) is 10.8. The van der Waals surface area contributed by atoms with Gasteiger partial charge in [0.2, 0.25) is 0 Å². The first-order chi connectivity index (χ1) is 22.8. The Morgan fingerprint density at radius 2 is 0.891 bits per heavy atom. The van der Waals surface area contributed by atoms with E-state index in [1.807, 2.05) is 12.1 Å². The fraction of sp³-hybridized carbons (Fsp3) is 0. The fourth-order valence-electron chi connectivity index (χ4n) is 6.75. The molecule has 0 spiro atoms. The lowest BCUT2D eigenvalue weighted by atomic mass is 9.99. The molecule has 1 heterocycles. The highest BCUT2D eigenvalue weighted by Crippen LogP contribution is 2.42. The molecule has 0 amide bonds. The predicted molar refractivity (Wildman–Crippen MR) is 194 cm³/mol. The number of nitrogens with zero attached hydrogens (tertiary/aromatic N) is 1. The lowest BCUT2D eigenvalue weighted by Crippen LogP contribution is -2.10. The van der Waals surface area contributed by atoms with E-state index in [0.29, 0.717) is 0 Å². The number of hydrogen-bond donors (Lipinski definition) is 0. The Morgan fingerprint density at radius 3 is 1.70 bits per heavy atom. The molecule has 2 nitrogen and oxygen atoms in total. The maximum atomic E-state index is 6.25. The third kappa shape index (κ3) is 4.51. The summed E-state index contributed by atoms with van der Waals surface area (Å²) in [6, 6.07) is 62.9. The van der Waals surface area contributed by atoms with Crippen LogP contribution in [-0.4, -0.2) is 0 Å². The number of para-hydroxylation sites is 1. The minimum Gasteiger partial charge on any atom is -0.456 e. The Bertz CT molecular complexity index is 2550. The van der Waals surface area contributed by atoms with Gasteiger partial charge in [-0.05, 0) is 93.0 Å². The van der Waals surface area contributed by atoms with Crippen LogP contribution in [0.4, 0.5) is 17.1 Å². The van der Waals surface area contributed by atoms with Gasteiger partial charge in [-0.3, -0.25) is 0 Å². The van der Waals surface area contributed by atoms with Gasteiger partial charge in [-0.1, -0.05) is 121 Å². The average Bonchev–Trinajstić information content (AvgIpc) is 3.50. The van der Waals surface area contributed by atoms with Crippen LogP contribution in [-0.2, 0) is 0 Å². The Hall–Kier alpha value is -6.12. The third-order valence-electron chi connectivity index (χ3n) is 9.01. The topological polar surface area (TPSA) is 16.4 Å². The maximum absolute atomic E-state index is 6.25. The largest absolute Gasteiger partial charge is 0.456 e. The summed E-state index contributed by atoms with van der Waals surface area (Å²) < 4.78 is 6.25. The summed E-state index contributed by atoms with van der Waals surface area (Å²) in [5.41, 5.74) is 9.79.